The van der Waals surface area contributed by atoms with Crippen LogP contribution in [0.3, 0.4) is 0 Å². The third kappa shape index (κ3) is 5.79. The topological polar surface area (TPSA) is 93.1 Å². The van der Waals surface area contributed by atoms with Crippen molar-refractivity contribution in [3.05, 3.63) is 108 Å². The molecule has 36 heavy (non-hydrogen) atoms. The normalized spacial score (nSPS) is 13.7. The number of aromatic nitrogens is 2. The van der Waals surface area contributed by atoms with E-state index in [1.165, 1.54) is 6.08 Å². The van der Waals surface area contributed by atoms with Crippen molar-refractivity contribution in [2.75, 3.05) is 0 Å². The first-order valence-electron chi connectivity index (χ1n) is 11.8. The molecule has 2 N–H and O–H groups in total. The Balaban J connectivity index is 1.26. The van der Waals surface area contributed by atoms with E-state index in [9.17, 15) is 13.2 Å². The maximum Gasteiger partial charge on any atom is 0.244 e. The van der Waals surface area contributed by atoms with Gasteiger partial charge in [-0.15, -0.1) is 0 Å². The number of para-hydroxylation sites is 1. The lowest BCUT2D eigenvalue weighted by atomic mass is 10.1. The molecule has 1 fully saturated rings. The van der Waals surface area contributed by atoms with Crippen LogP contribution in [0, 0.1) is 0 Å². The Hall–Kier alpha value is -4.01. The average molecular weight is 499 g/mol. The SMILES string of the molecule is O=C(/C=C/c1ccc(S(=O)(=O)NC2CC2)cc1)NCc1cn(-c2ccccc2)nc1-c1ccccc1. The smallest absolute Gasteiger partial charge is 0.244 e. The molecule has 1 amide bonds. The zero-order valence-corrected chi connectivity index (χ0v) is 20.4. The van der Waals surface area contributed by atoms with E-state index < -0.39 is 10.0 Å². The second-order valence-corrected chi connectivity index (χ2v) is 10.4. The van der Waals surface area contributed by atoms with Crippen molar-refractivity contribution in [1.29, 1.82) is 0 Å². The molecule has 3 aromatic carbocycles. The van der Waals surface area contributed by atoms with E-state index in [2.05, 4.69) is 10.0 Å². The largest absolute Gasteiger partial charge is 0.348 e. The van der Waals surface area contributed by atoms with Crippen molar-refractivity contribution in [3.8, 4) is 16.9 Å². The van der Waals surface area contributed by atoms with E-state index in [4.69, 9.17) is 5.10 Å². The number of carbonyl (C=O) groups is 1. The second-order valence-electron chi connectivity index (χ2n) is 8.66. The number of nitrogens with zero attached hydrogens (tertiary/aromatic N) is 2. The van der Waals surface area contributed by atoms with Gasteiger partial charge in [0.15, 0.2) is 0 Å². The van der Waals surface area contributed by atoms with Crippen LogP contribution in [-0.2, 0) is 21.4 Å². The van der Waals surface area contributed by atoms with Crippen molar-refractivity contribution in [1.82, 2.24) is 19.8 Å². The second kappa shape index (κ2) is 10.3. The zero-order valence-electron chi connectivity index (χ0n) is 19.5. The highest BCUT2D eigenvalue weighted by Crippen LogP contribution is 2.24. The monoisotopic (exact) mass is 498 g/mol. The minimum Gasteiger partial charge on any atom is -0.348 e. The van der Waals surface area contributed by atoms with Crippen LogP contribution in [-0.4, -0.2) is 30.1 Å². The summed E-state index contributed by atoms with van der Waals surface area (Å²) in [4.78, 5) is 12.8. The van der Waals surface area contributed by atoms with Crippen molar-refractivity contribution in [2.24, 2.45) is 0 Å². The van der Waals surface area contributed by atoms with Gasteiger partial charge >= 0.3 is 0 Å². The molecule has 8 heteroatoms. The molecule has 1 aliphatic rings. The number of sulfonamides is 1. The van der Waals surface area contributed by atoms with Crippen LogP contribution >= 0.6 is 0 Å². The molecule has 5 rings (SSSR count). The highest BCUT2D eigenvalue weighted by molar-refractivity contribution is 7.89. The Bertz CT molecular complexity index is 1480. The third-order valence-corrected chi connectivity index (χ3v) is 7.36. The standard InChI is InChI=1S/C28H26N4O3S/c33-27(18-13-21-11-16-26(17-12-21)36(34,35)31-24-14-15-24)29-19-23-20-32(25-9-5-2-6-10-25)30-28(23)22-7-3-1-4-8-22/h1-13,16-18,20,24,31H,14-15,19H2,(H,29,33)/b18-13+. The van der Waals surface area contributed by atoms with Crippen molar-refractivity contribution >= 4 is 22.0 Å². The summed E-state index contributed by atoms with van der Waals surface area (Å²) in [6.07, 6.45) is 6.79. The minimum absolute atomic E-state index is 0.0560. The predicted molar refractivity (Wildman–Crippen MR) is 140 cm³/mol. The number of amides is 1. The van der Waals surface area contributed by atoms with Gasteiger partial charge in [0.25, 0.3) is 0 Å². The molecule has 0 atom stereocenters. The van der Waals surface area contributed by atoms with Crippen LogP contribution in [0.1, 0.15) is 24.0 Å². The summed E-state index contributed by atoms with van der Waals surface area (Å²) in [5, 5.41) is 7.69. The number of carbonyl (C=O) groups excluding carboxylic acids is 1. The molecule has 7 nitrogen and oxygen atoms in total. The quantitative estimate of drug-likeness (QED) is 0.336. The van der Waals surface area contributed by atoms with Gasteiger partial charge in [-0.2, -0.15) is 5.10 Å². The first-order valence-corrected chi connectivity index (χ1v) is 13.2. The fourth-order valence-corrected chi connectivity index (χ4v) is 5.06. The number of rotatable bonds is 9. The van der Waals surface area contributed by atoms with Crippen LogP contribution in [0.5, 0.6) is 0 Å². The summed E-state index contributed by atoms with van der Waals surface area (Å²) < 4.78 is 29.1. The maximum atomic E-state index is 12.5. The molecule has 0 spiro atoms. The van der Waals surface area contributed by atoms with Gasteiger partial charge in [0, 0.05) is 36.0 Å². The molecule has 0 aliphatic heterocycles. The van der Waals surface area contributed by atoms with E-state index in [-0.39, 0.29) is 16.8 Å². The summed E-state index contributed by atoms with van der Waals surface area (Å²) in [6, 6.07) is 26.2. The molecule has 0 unspecified atom stereocenters. The van der Waals surface area contributed by atoms with Gasteiger partial charge in [0.2, 0.25) is 15.9 Å². The molecular formula is C28H26N4O3S. The lowest BCUT2D eigenvalue weighted by molar-refractivity contribution is -0.116. The number of nitrogens with one attached hydrogen (secondary N) is 2. The van der Waals surface area contributed by atoms with E-state index in [0.29, 0.717) is 6.54 Å². The maximum absolute atomic E-state index is 12.5. The summed E-state index contributed by atoms with van der Waals surface area (Å²) in [5.74, 6) is -0.256. The molecule has 0 radical (unpaired) electrons. The number of hydrogen-bond donors (Lipinski definition) is 2. The lowest BCUT2D eigenvalue weighted by Gasteiger charge is -2.05. The van der Waals surface area contributed by atoms with E-state index in [0.717, 1.165) is 40.9 Å². The Kier molecular flexibility index (Phi) is 6.79. The minimum atomic E-state index is -3.49. The highest BCUT2D eigenvalue weighted by Gasteiger charge is 2.27. The number of hydrogen-bond acceptors (Lipinski definition) is 4. The summed E-state index contributed by atoms with van der Waals surface area (Å²) in [5.41, 5.74) is 4.34. The van der Waals surface area contributed by atoms with Crippen LogP contribution in [0.4, 0.5) is 0 Å². The van der Waals surface area contributed by atoms with E-state index in [1.807, 2.05) is 71.5 Å². The fraction of sp³-hybridized carbons (Fsp3) is 0.143. The Morgan fingerprint density at radius 1 is 0.944 bits per heavy atom. The zero-order chi connectivity index (χ0) is 25.0. The van der Waals surface area contributed by atoms with Gasteiger partial charge < -0.3 is 5.32 Å². The van der Waals surface area contributed by atoms with E-state index in [1.54, 1.807) is 30.3 Å². The Morgan fingerprint density at radius 3 is 2.28 bits per heavy atom. The van der Waals surface area contributed by atoms with Crippen molar-refractivity contribution in [2.45, 2.75) is 30.3 Å². The summed E-state index contributed by atoms with van der Waals surface area (Å²) >= 11 is 0. The van der Waals surface area contributed by atoms with Gasteiger partial charge in [0.1, 0.15) is 0 Å². The van der Waals surface area contributed by atoms with Gasteiger partial charge in [-0.25, -0.2) is 17.8 Å². The van der Waals surface area contributed by atoms with Gasteiger partial charge in [-0.05, 0) is 48.7 Å². The third-order valence-electron chi connectivity index (χ3n) is 5.83. The summed E-state index contributed by atoms with van der Waals surface area (Å²) in [6.45, 7) is 0.310. The molecule has 182 valence electrons. The molecule has 4 aromatic rings. The molecular weight excluding hydrogens is 472 g/mol. The molecule has 1 heterocycles. The molecule has 1 aromatic heterocycles. The molecule has 1 saturated carbocycles. The van der Waals surface area contributed by atoms with Gasteiger partial charge in [-0.3, -0.25) is 4.79 Å². The van der Waals surface area contributed by atoms with Crippen LogP contribution in [0.15, 0.2) is 102 Å². The Morgan fingerprint density at radius 2 is 1.61 bits per heavy atom. The number of benzene rings is 3. The first-order chi connectivity index (χ1) is 17.5. The molecule has 0 bridgehead atoms. The average Bonchev–Trinajstić information content (AvgIpc) is 3.61. The first kappa shape index (κ1) is 23.7. The van der Waals surface area contributed by atoms with Crippen LogP contribution in [0.25, 0.3) is 23.0 Å². The molecule has 0 saturated heterocycles. The van der Waals surface area contributed by atoms with Crippen LogP contribution in [0.2, 0.25) is 0 Å². The van der Waals surface area contributed by atoms with Crippen LogP contribution < -0.4 is 10.0 Å². The van der Waals surface area contributed by atoms with Crippen molar-refractivity contribution in [3.63, 3.8) is 0 Å². The Labute approximate surface area is 210 Å². The van der Waals surface area contributed by atoms with E-state index >= 15 is 0 Å². The van der Waals surface area contributed by atoms with Crippen molar-refractivity contribution < 1.29 is 13.2 Å². The van der Waals surface area contributed by atoms with Gasteiger partial charge in [-0.1, -0.05) is 60.7 Å². The lowest BCUT2D eigenvalue weighted by Crippen LogP contribution is -2.25. The predicted octanol–water partition coefficient (Wildman–Crippen LogP) is 4.31. The fourth-order valence-electron chi connectivity index (χ4n) is 3.75. The highest BCUT2D eigenvalue weighted by atomic mass is 32.2. The summed E-state index contributed by atoms with van der Waals surface area (Å²) in [7, 11) is -3.49. The molecule has 1 aliphatic carbocycles. The van der Waals surface area contributed by atoms with Gasteiger partial charge in [0.05, 0.1) is 16.3 Å².